The fourth-order valence-electron chi connectivity index (χ4n) is 2.15. The number of nitrogens with zero attached hydrogens (tertiary/aromatic N) is 1. The van der Waals surface area contributed by atoms with E-state index in [1.807, 2.05) is 0 Å². The van der Waals surface area contributed by atoms with Crippen LogP contribution < -0.4 is 5.73 Å². The smallest absolute Gasteiger partial charge is 0.0699 e. The fourth-order valence-corrected chi connectivity index (χ4v) is 2.81. The monoisotopic (exact) mass is 210 g/mol. The zero-order chi connectivity index (χ0) is 10.0. The van der Waals surface area contributed by atoms with Gasteiger partial charge in [-0.1, -0.05) is 0 Å². The summed E-state index contributed by atoms with van der Waals surface area (Å²) >= 11 is 1.75. The van der Waals surface area contributed by atoms with Crippen LogP contribution in [0.3, 0.4) is 0 Å². The number of hydrogen-bond acceptors (Lipinski definition) is 3. The van der Waals surface area contributed by atoms with Gasteiger partial charge in [-0.15, -0.1) is 0 Å². The Morgan fingerprint density at radius 3 is 2.79 bits per heavy atom. The Balaban J connectivity index is 2.00. The largest absolute Gasteiger partial charge is 0.313 e. The topological polar surface area (TPSA) is 29.3 Å². The summed E-state index contributed by atoms with van der Waals surface area (Å²) < 4.78 is 0. The van der Waals surface area contributed by atoms with Crippen LogP contribution in [0.2, 0.25) is 0 Å². The first-order valence-corrected chi connectivity index (χ1v) is 6.18. The van der Waals surface area contributed by atoms with Crippen LogP contribution in [0.15, 0.2) is 16.8 Å². The SMILES string of the molecule is CC(N)(Cc1ccsc1)N1CCCC1. The van der Waals surface area contributed by atoms with Gasteiger partial charge >= 0.3 is 0 Å². The first kappa shape index (κ1) is 10.1. The van der Waals surface area contributed by atoms with Crippen molar-refractivity contribution in [1.29, 1.82) is 0 Å². The molecule has 2 nitrogen and oxygen atoms in total. The van der Waals surface area contributed by atoms with Crippen LogP contribution in [0.25, 0.3) is 0 Å². The molecule has 1 aromatic heterocycles. The van der Waals surface area contributed by atoms with Crippen molar-refractivity contribution in [2.24, 2.45) is 5.73 Å². The molecule has 0 saturated carbocycles. The summed E-state index contributed by atoms with van der Waals surface area (Å²) in [4.78, 5) is 2.41. The van der Waals surface area contributed by atoms with Crippen LogP contribution in [0.4, 0.5) is 0 Å². The Morgan fingerprint density at radius 2 is 2.21 bits per heavy atom. The van der Waals surface area contributed by atoms with Gasteiger partial charge in [-0.05, 0) is 55.2 Å². The molecule has 2 heterocycles. The normalized spacial score (nSPS) is 22.4. The summed E-state index contributed by atoms with van der Waals surface area (Å²) in [6, 6.07) is 2.17. The van der Waals surface area contributed by atoms with E-state index in [0.29, 0.717) is 0 Å². The van der Waals surface area contributed by atoms with E-state index in [9.17, 15) is 0 Å². The van der Waals surface area contributed by atoms with E-state index in [-0.39, 0.29) is 5.66 Å². The first-order valence-electron chi connectivity index (χ1n) is 5.23. The van der Waals surface area contributed by atoms with Crippen molar-refractivity contribution >= 4 is 11.3 Å². The molecule has 1 aliphatic rings. The molecule has 1 fully saturated rings. The quantitative estimate of drug-likeness (QED) is 0.827. The van der Waals surface area contributed by atoms with Gasteiger partial charge in [0.05, 0.1) is 5.66 Å². The van der Waals surface area contributed by atoms with Gasteiger partial charge in [0.2, 0.25) is 0 Å². The van der Waals surface area contributed by atoms with E-state index >= 15 is 0 Å². The number of nitrogens with two attached hydrogens (primary N) is 1. The van der Waals surface area contributed by atoms with Crippen molar-refractivity contribution in [1.82, 2.24) is 4.90 Å². The van der Waals surface area contributed by atoms with Gasteiger partial charge in [0.15, 0.2) is 0 Å². The first-order chi connectivity index (χ1) is 6.68. The summed E-state index contributed by atoms with van der Waals surface area (Å²) in [6.07, 6.45) is 3.57. The average molecular weight is 210 g/mol. The Labute approximate surface area is 89.7 Å². The minimum Gasteiger partial charge on any atom is -0.313 e. The summed E-state index contributed by atoms with van der Waals surface area (Å²) in [5.41, 5.74) is 7.56. The number of rotatable bonds is 3. The lowest BCUT2D eigenvalue weighted by atomic mass is 10.0. The highest BCUT2D eigenvalue weighted by Gasteiger charge is 2.29. The molecule has 78 valence electrons. The highest BCUT2D eigenvalue weighted by atomic mass is 32.1. The van der Waals surface area contributed by atoms with Crippen LogP contribution >= 0.6 is 11.3 Å². The molecule has 1 atom stereocenters. The molecule has 0 aliphatic carbocycles. The number of thiophene rings is 1. The standard InChI is InChI=1S/C11H18N2S/c1-11(12,13-5-2-3-6-13)8-10-4-7-14-9-10/h4,7,9H,2-3,5-6,8,12H2,1H3. The van der Waals surface area contributed by atoms with Gasteiger partial charge in [-0.3, -0.25) is 4.90 Å². The van der Waals surface area contributed by atoms with Crippen molar-refractivity contribution in [3.8, 4) is 0 Å². The molecule has 3 heteroatoms. The zero-order valence-corrected chi connectivity index (χ0v) is 9.52. The van der Waals surface area contributed by atoms with E-state index in [0.717, 1.165) is 19.5 Å². The molecule has 1 aromatic rings. The molecule has 0 aromatic carbocycles. The Morgan fingerprint density at radius 1 is 1.50 bits per heavy atom. The van der Waals surface area contributed by atoms with Gasteiger partial charge in [0.25, 0.3) is 0 Å². The molecule has 2 rings (SSSR count). The summed E-state index contributed by atoms with van der Waals surface area (Å²) in [5, 5.41) is 4.32. The van der Waals surface area contributed by atoms with E-state index in [2.05, 4.69) is 28.7 Å². The molecule has 1 unspecified atom stereocenters. The average Bonchev–Trinajstić information content (AvgIpc) is 2.71. The van der Waals surface area contributed by atoms with E-state index in [4.69, 9.17) is 5.73 Å². The second kappa shape index (κ2) is 4.01. The van der Waals surface area contributed by atoms with Crippen molar-refractivity contribution in [2.45, 2.75) is 31.8 Å². The van der Waals surface area contributed by atoms with Crippen LogP contribution in [-0.2, 0) is 6.42 Å². The molecule has 0 spiro atoms. The fraction of sp³-hybridized carbons (Fsp3) is 0.636. The highest BCUT2D eigenvalue weighted by Crippen LogP contribution is 2.21. The minimum absolute atomic E-state index is 0.155. The molecule has 0 radical (unpaired) electrons. The third kappa shape index (κ3) is 2.16. The van der Waals surface area contributed by atoms with Crippen molar-refractivity contribution in [3.05, 3.63) is 22.4 Å². The molecule has 2 N–H and O–H groups in total. The van der Waals surface area contributed by atoms with Crippen molar-refractivity contribution in [3.63, 3.8) is 0 Å². The summed E-state index contributed by atoms with van der Waals surface area (Å²) in [6.45, 7) is 4.48. The lowest BCUT2D eigenvalue weighted by Gasteiger charge is -2.35. The number of likely N-dealkylation sites (tertiary alicyclic amines) is 1. The maximum atomic E-state index is 6.34. The van der Waals surface area contributed by atoms with Crippen LogP contribution in [0.1, 0.15) is 25.3 Å². The maximum absolute atomic E-state index is 6.34. The van der Waals surface area contributed by atoms with Gasteiger partial charge in [-0.2, -0.15) is 11.3 Å². The number of hydrogen-bond donors (Lipinski definition) is 1. The predicted octanol–water partition coefficient (Wildman–Crippen LogP) is 2.06. The Kier molecular flexibility index (Phi) is 2.91. The van der Waals surface area contributed by atoms with Crippen molar-refractivity contribution in [2.75, 3.05) is 13.1 Å². The molecular weight excluding hydrogens is 192 g/mol. The van der Waals surface area contributed by atoms with Gasteiger partial charge < -0.3 is 5.73 Å². The molecule has 1 aliphatic heterocycles. The van der Waals surface area contributed by atoms with Gasteiger partial charge in [-0.25, -0.2) is 0 Å². The third-order valence-electron chi connectivity index (χ3n) is 2.97. The van der Waals surface area contributed by atoms with E-state index in [1.165, 1.54) is 18.4 Å². The van der Waals surface area contributed by atoms with Crippen LogP contribution in [0, 0.1) is 0 Å². The Hall–Kier alpha value is -0.380. The Bertz CT molecular complexity index is 273. The second-order valence-corrected chi connectivity index (χ2v) is 5.14. The van der Waals surface area contributed by atoms with Crippen molar-refractivity contribution < 1.29 is 0 Å². The predicted molar refractivity (Wildman–Crippen MR) is 61.4 cm³/mol. The molecule has 0 bridgehead atoms. The minimum atomic E-state index is -0.155. The highest BCUT2D eigenvalue weighted by molar-refractivity contribution is 7.07. The summed E-state index contributed by atoms with van der Waals surface area (Å²) in [7, 11) is 0. The van der Waals surface area contributed by atoms with Crippen LogP contribution in [-0.4, -0.2) is 23.7 Å². The third-order valence-corrected chi connectivity index (χ3v) is 3.70. The van der Waals surface area contributed by atoms with E-state index < -0.39 is 0 Å². The molecule has 14 heavy (non-hydrogen) atoms. The second-order valence-electron chi connectivity index (χ2n) is 4.36. The van der Waals surface area contributed by atoms with E-state index in [1.54, 1.807) is 11.3 Å². The molecular formula is C11H18N2S. The molecule has 0 amide bonds. The lowest BCUT2D eigenvalue weighted by molar-refractivity contribution is 0.142. The molecule has 1 saturated heterocycles. The van der Waals surface area contributed by atoms with Gasteiger partial charge in [0, 0.05) is 6.42 Å². The summed E-state index contributed by atoms with van der Waals surface area (Å²) in [5.74, 6) is 0. The lowest BCUT2D eigenvalue weighted by Crippen LogP contribution is -2.53. The van der Waals surface area contributed by atoms with Gasteiger partial charge in [0.1, 0.15) is 0 Å². The zero-order valence-electron chi connectivity index (χ0n) is 8.70. The van der Waals surface area contributed by atoms with Crippen LogP contribution in [0.5, 0.6) is 0 Å². The maximum Gasteiger partial charge on any atom is 0.0699 e.